The van der Waals surface area contributed by atoms with E-state index in [-0.39, 0.29) is 6.09 Å². The van der Waals surface area contributed by atoms with Crippen LogP contribution < -0.4 is 0 Å². The second kappa shape index (κ2) is 5.96. The summed E-state index contributed by atoms with van der Waals surface area (Å²) in [6, 6.07) is 3.89. The highest BCUT2D eigenvalue weighted by Gasteiger charge is 2.29. The first kappa shape index (κ1) is 16.5. The van der Waals surface area contributed by atoms with Gasteiger partial charge in [-0.25, -0.2) is 4.79 Å². The van der Waals surface area contributed by atoms with Gasteiger partial charge in [0.25, 0.3) is 0 Å². The lowest BCUT2D eigenvalue weighted by Gasteiger charge is -2.30. The van der Waals surface area contributed by atoms with Crippen molar-refractivity contribution < 1.29 is 13.9 Å². The quantitative estimate of drug-likeness (QED) is 0.842. The molecule has 3 rings (SSSR count). The Morgan fingerprint density at radius 3 is 2.62 bits per heavy atom. The first-order valence-corrected chi connectivity index (χ1v) is 8.24. The van der Waals surface area contributed by atoms with Gasteiger partial charge in [-0.15, -0.1) is 10.2 Å². The molecule has 0 fully saturated rings. The molecule has 0 saturated heterocycles. The van der Waals surface area contributed by atoms with Gasteiger partial charge in [0.2, 0.25) is 0 Å². The Morgan fingerprint density at radius 2 is 2.00 bits per heavy atom. The number of hydrogen-bond acceptors (Lipinski definition) is 5. The lowest BCUT2D eigenvalue weighted by Crippen LogP contribution is -2.41. The average molecular weight is 332 g/mol. The second-order valence-corrected chi connectivity index (χ2v) is 7.35. The Balaban J connectivity index is 1.78. The van der Waals surface area contributed by atoms with E-state index >= 15 is 0 Å². The molecule has 0 radical (unpaired) electrons. The first-order valence-electron chi connectivity index (χ1n) is 8.24. The molecular formula is C17H24N4O3. The smallest absolute Gasteiger partial charge is 0.410 e. The van der Waals surface area contributed by atoms with Crippen molar-refractivity contribution in [1.82, 2.24) is 19.7 Å². The molecule has 2 aromatic rings. The van der Waals surface area contributed by atoms with Gasteiger partial charge in [-0.05, 0) is 32.9 Å². The van der Waals surface area contributed by atoms with Crippen LogP contribution in [0.15, 0.2) is 16.5 Å². The number of ether oxygens (including phenoxy) is 1. The zero-order valence-electron chi connectivity index (χ0n) is 14.9. The summed E-state index contributed by atoms with van der Waals surface area (Å²) in [4.78, 5) is 13.9. The lowest BCUT2D eigenvalue weighted by atomic mass is 10.2. The van der Waals surface area contributed by atoms with Crippen molar-refractivity contribution in [3.63, 3.8) is 0 Å². The Morgan fingerprint density at radius 1 is 1.25 bits per heavy atom. The summed E-state index contributed by atoms with van der Waals surface area (Å²) in [5.74, 6) is 3.41. The van der Waals surface area contributed by atoms with Crippen LogP contribution in [0.2, 0.25) is 0 Å². The Hall–Kier alpha value is -2.31. The molecule has 0 aromatic carbocycles. The van der Waals surface area contributed by atoms with Crippen LogP contribution in [0, 0.1) is 0 Å². The van der Waals surface area contributed by atoms with E-state index in [9.17, 15) is 4.79 Å². The number of rotatable bonds is 2. The Bertz CT molecular complexity index is 739. The third-order valence-electron chi connectivity index (χ3n) is 3.82. The number of furan rings is 1. The molecule has 1 aliphatic rings. The van der Waals surface area contributed by atoms with Crippen LogP contribution in [0.25, 0.3) is 11.6 Å². The van der Waals surface area contributed by atoms with E-state index in [1.54, 1.807) is 4.90 Å². The van der Waals surface area contributed by atoms with E-state index in [1.807, 2.05) is 37.5 Å². The van der Waals surface area contributed by atoms with Gasteiger partial charge in [0.15, 0.2) is 17.4 Å². The topological polar surface area (TPSA) is 73.4 Å². The largest absolute Gasteiger partial charge is 0.457 e. The van der Waals surface area contributed by atoms with Gasteiger partial charge in [-0.3, -0.25) is 4.90 Å². The maximum absolute atomic E-state index is 12.2. The highest BCUT2D eigenvalue weighted by Crippen LogP contribution is 2.27. The summed E-state index contributed by atoms with van der Waals surface area (Å²) in [6.07, 6.45) is -0.321. The van der Waals surface area contributed by atoms with Gasteiger partial charge in [-0.2, -0.15) is 0 Å². The van der Waals surface area contributed by atoms with Crippen molar-refractivity contribution in [3.05, 3.63) is 23.7 Å². The maximum atomic E-state index is 12.2. The molecule has 2 aromatic heterocycles. The molecule has 0 atom stereocenters. The molecular weight excluding hydrogens is 308 g/mol. The molecule has 0 spiro atoms. The van der Waals surface area contributed by atoms with E-state index in [0.29, 0.717) is 37.1 Å². The third kappa shape index (κ3) is 3.29. The van der Waals surface area contributed by atoms with Crippen LogP contribution in [0.4, 0.5) is 4.79 Å². The van der Waals surface area contributed by atoms with Crippen LogP contribution in [0.5, 0.6) is 0 Å². The zero-order valence-corrected chi connectivity index (χ0v) is 14.9. The van der Waals surface area contributed by atoms with E-state index in [2.05, 4.69) is 24.0 Å². The highest BCUT2D eigenvalue weighted by atomic mass is 16.6. The molecule has 24 heavy (non-hydrogen) atoms. The van der Waals surface area contributed by atoms with Gasteiger partial charge in [-0.1, -0.05) is 13.8 Å². The molecule has 7 nitrogen and oxygen atoms in total. The summed E-state index contributed by atoms with van der Waals surface area (Å²) in [5.41, 5.74) is -0.505. The number of hydrogen-bond donors (Lipinski definition) is 0. The fraction of sp³-hybridized carbons (Fsp3) is 0.588. The molecule has 0 saturated carbocycles. The molecule has 0 N–H and O–H groups in total. The van der Waals surface area contributed by atoms with Gasteiger partial charge >= 0.3 is 6.09 Å². The summed E-state index contributed by atoms with van der Waals surface area (Å²) in [6.45, 7) is 11.3. The SMILES string of the molecule is CC(C)c1ccc(-c2nnc3n2CCN(C(=O)OC(C)(C)C)C3)o1. The maximum Gasteiger partial charge on any atom is 0.410 e. The molecule has 7 heteroatoms. The number of amides is 1. The van der Waals surface area contributed by atoms with Crippen molar-refractivity contribution in [2.24, 2.45) is 0 Å². The highest BCUT2D eigenvalue weighted by molar-refractivity contribution is 5.68. The second-order valence-electron chi connectivity index (χ2n) is 7.35. The van der Waals surface area contributed by atoms with Crippen LogP contribution in [-0.4, -0.2) is 37.9 Å². The molecule has 1 amide bonds. The number of carbonyl (C=O) groups excluding carboxylic acids is 1. The molecule has 3 heterocycles. The predicted octanol–water partition coefficient (Wildman–Crippen LogP) is 3.41. The Labute approximate surface area is 141 Å². The zero-order chi connectivity index (χ0) is 17.5. The lowest BCUT2D eigenvalue weighted by molar-refractivity contribution is 0.0195. The number of fused-ring (bicyclic) bond motifs is 1. The standard InChI is InChI=1S/C17H24N4O3/c1-11(2)12-6-7-13(23-12)15-19-18-14-10-20(8-9-21(14)15)16(22)24-17(3,4)5/h6-7,11H,8-10H2,1-5H3. The molecule has 0 unspecified atom stereocenters. The summed E-state index contributed by atoms with van der Waals surface area (Å²) < 4.78 is 13.3. The van der Waals surface area contributed by atoms with E-state index in [1.165, 1.54) is 0 Å². The van der Waals surface area contributed by atoms with Crippen LogP contribution >= 0.6 is 0 Å². The molecule has 1 aliphatic heterocycles. The van der Waals surface area contributed by atoms with Crippen LogP contribution in [0.1, 0.15) is 52.1 Å². The van der Waals surface area contributed by atoms with Crippen molar-refractivity contribution in [2.75, 3.05) is 6.54 Å². The van der Waals surface area contributed by atoms with E-state index in [0.717, 1.165) is 11.6 Å². The van der Waals surface area contributed by atoms with Crippen molar-refractivity contribution in [1.29, 1.82) is 0 Å². The van der Waals surface area contributed by atoms with Crippen molar-refractivity contribution >= 4 is 6.09 Å². The van der Waals surface area contributed by atoms with Crippen molar-refractivity contribution in [2.45, 2.75) is 59.2 Å². The number of aromatic nitrogens is 3. The molecule has 0 aliphatic carbocycles. The summed E-state index contributed by atoms with van der Waals surface area (Å²) in [5, 5.41) is 8.47. The summed E-state index contributed by atoms with van der Waals surface area (Å²) >= 11 is 0. The first-order chi connectivity index (χ1) is 11.2. The van der Waals surface area contributed by atoms with Crippen molar-refractivity contribution in [3.8, 4) is 11.6 Å². The van der Waals surface area contributed by atoms with Crippen LogP contribution in [0.3, 0.4) is 0 Å². The minimum Gasteiger partial charge on any atom is -0.457 e. The number of carbonyl (C=O) groups is 1. The minimum atomic E-state index is -0.505. The van der Waals surface area contributed by atoms with Crippen LogP contribution in [-0.2, 0) is 17.8 Å². The van der Waals surface area contributed by atoms with Gasteiger partial charge in [0, 0.05) is 19.0 Å². The monoisotopic (exact) mass is 332 g/mol. The minimum absolute atomic E-state index is 0.321. The third-order valence-corrected chi connectivity index (χ3v) is 3.82. The predicted molar refractivity (Wildman–Crippen MR) is 88.5 cm³/mol. The van der Waals surface area contributed by atoms with E-state index in [4.69, 9.17) is 9.15 Å². The van der Waals surface area contributed by atoms with Gasteiger partial charge in [0.1, 0.15) is 11.4 Å². The fourth-order valence-corrected chi connectivity index (χ4v) is 2.61. The molecule has 130 valence electrons. The fourth-order valence-electron chi connectivity index (χ4n) is 2.61. The normalized spacial score (nSPS) is 14.8. The molecule has 0 bridgehead atoms. The van der Waals surface area contributed by atoms with Gasteiger partial charge in [0.05, 0.1) is 6.54 Å². The van der Waals surface area contributed by atoms with E-state index < -0.39 is 5.60 Å². The van der Waals surface area contributed by atoms with Gasteiger partial charge < -0.3 is 13.7 Å². The number of nitrogens with zero attached hydrogens (tertiary/aromatic N) is 4. The summed E-state index contributed by atoms with van der Waals surface area (Å²) in [7, 11) is 0. The Kier molecular flexibility index (Phi) is 4.11. The average Bonchev–Trinajstić information content (AvgIpc) is 3.11.